The SMILES string of the molecule is CCc1ccccc1C(C)C[Si](Cl)(Cl)CCCCCC[Si](Cl)(Cl)CC(C)c1ccccc1CC. The van der Waals surface area contributed by atoms with E-state index in [2.05, 4.69) is 76.2 Å². The van der Waals surface area contributed by atoms with Crippen LogP contribution in [0.15, 0.2) is 48.5 Å². The molecule has 0 N–H and O–H groups in total. The van der Waals surface area contributed by atoms with Gasteiger partial charge in [-0.1, -0.05) is 102 Å². The van der Waals surface area contributed by atoms with Gasteiger partial charge in [-0.25, -0.2) is 0 Å². The van der Waals surface area contributed by atoms with E-state index in [0.717, 1.165) is 62.7 Å². The topological polar surface area (TPSA) is 0 Å². The summed E-state index contributed by atoms with van der Waals surface area (Å²) < 4.78 is 0. The van der Waals surface area contributed by atoms with Crippen LogP contribution in [-0.2, 0) is 12.8 Å². The van der Waals surface area contributed by atoms with Gasteiger partial charge in [0.25, 0.3) is 13.4 Å². The van der Waals surface area contributed by atoms with E-state index in [1.807, 2.05) is 0 Å². The van der Waals surface area contributed by atoms with Crippen molar-refractivity contribution < 1.29 is 0 Å². The third kappa shape index (κ3) is 10.2. The van der Waals surface area contributed by atoms with Crippen molar-refractivity contribution in [1.82, 2.24) is 0 Å². The summed E-state index contributed by atoms with van der Waals surface area (Å²) in [7, 11) is 0. The van der Waals surface area contributed by atoms with Crippen molar-refractivity contribution in [3.8, 4) is 0 Å². The number of benzene rings is 2. The zero-order chi connectivity index (χ0) is 25.2. The molecule has 2 rings (SSSR count). The van der Waals surface area contributed by atoms with Crippen LogP contribution >= 0.6 is 44.3 Å². The summed E-state index contributed by atoms with van der Waals surface area (Å²) in [6.07, 6.45) is 6.60. The van der Waals surface area contributed by atoms with Gasteiger partial charge < -0.3 is 0 Å². The van der Waals surface area contributed by atoms with Gasteiger partial charge in [0.2, 0.25) is 0 Å². The molecule has 0 fully saturated rings. The molecule has 0 spiro atoms. The standard InChI is InChI=1S/C28H42Cl4Si2/c1-5-25-15-9-11-17-27(25)23(3)21-33(29,30)19-13-7-8-14-20-34(31,32)22-24(4)28-18-12-10-16-26(28)6-2/h9-12,15-18,23-24H,5-8,13-14,19-22H2,1-4H3. The second kappa shape index (κ2) is 14.7. The van der Waals surface area contributed by atoms with Gasteiger partial charge in [0.05, 0.1) is 0 Å². The maximum Gasteiger partial charge on any atom is 0.251 e. The minimum Gasteiger partial charge on any atom is -0.146 e. The second-order valence-electron chi connectivity index (χ2n) is 9.94. The Morgan fingerprint density at radius 3 is 1.29 bits per heavy atom. The average Bonchev–Trinajstić information content (AvgIpc) is 2.80. The van der Waals surface area contributed by atoms with Gasteiger partial charge in [-0.15, -0.1) is 44.3 Å². The molecule has 0 bridgehead atoms. The normalized spacial score (nSPS) is 14.2. The minimum absolute atomic E-state index is 0.414. The Balaban J connectivity index is 1.71. The Kier molecular flexibility index (Phi) is 13.1. The molecule has 0 radical (unpaired) electrons. The van der Waals surface area contributed by atoms with Crippen molar-refractivity contribution in [3.63, 3.8) is 0 Å². The molecule has 34 heavy (non-hydrogen) atoms. The molecule has 0 aromatic heterocycles. The van der Waals surface area contributed by atoms with Gasteiger partial charge in [-0.05, 0) is 71.1 Å². The fraction of sp³-hybridized carbons (Fsp3) is 0.571. The maximum atomic E-state index is 6.87. The van der Waals surface area contributed by atoms with Crippen molar-refractivity contribution >= 4 is 57.7 Å². The first-order valence-corrected chi connectivity index (χ1v) is 21.9. The molecule has 0 saturated heterocycles. The number of aryl methyl sites for hydroxylation is 2. The van der Waals surface area contributed by atoms with Crippen molar-refractivity contribution in [1.29, 1.82) is 0 Å². The summed E-state index contributed by atoms with van der Waals surface area (Å²) in [6, 6.07) is 21.2. The van der Waals surface area contributed by atoms with E-state index >= 15 is 0 Å². The lowest BCUT2D eigenvalue weighted by Gasteiger charge is -2.24. The number of hydrogen-bond acceptors (Lipinski definition) is 0. The first-order valence-electron chi connectivity index (χ1n) is 13.0. The smallest absolute Gasteiger partial charge is 0.146 e. The van der Waals surface area contributed by atoms with E-state index in [9.17, 15) is 0 Å². The number of unbranched alkanes of at least 4 members (excludes halogenated alkanes) is 3. The largest absolute Gasteiger partial charge is 0.251 e. The first-order chi connectivity index (χ1) is 16.1. The van der Waals surface area contributed by atoms with Gasteiger partial charge in [0.15, 0.2) is 0 Å². The Labute approximate surface area is 229 Å². The van der Waals surface area contributed by atoms with Crippen molar-refractivity contribution in [2.24, 2.45) is 0 Å². The summed E-state index contributed by atoms with van der Waals surface area (Å²) in [5.41, 5.74) is 5.64. The van der Waals surface area contributed by atoms with Gasteiger partial charge in [-0.3, -0.25) is 0 Å². The van der Waals surface area contributed by atoms with Crippen LogP contribution in [-0.4, -0.2) is 13.4 Å². The van der Waals surface area contributed by atoms with E-state index < -0.39 is 13.4 Å². The summed E-state index contributed by atoms with van der Waals surface area (Å²) in [6.45, 7) is 4.46. The molecule has 190 valence electrons. The highest BCUT2D eigenvalue weighted by molar-refractivity contribution is 7.45. The van der Waals surface area contributed by atoms with Gasteiger partial charge >= 0.3 is 0 Å². The molecular formula is C28H42Cl4Si2. The first kappa shape index (κ1) is 30.3. The van der Waals surface area contributed by atoms with Crippen molar-refractivity contribution in [2.75, 3.05) is 0 Å². The number of rotatable bonds is 15. The van der Waals surface area contributed by atoms with Crippen LogP contribution in [0.4, 0.5) is 0 Å². The van der Waals surface area contributed by atoms with Crippen LogP contribution in [0.25, 0.3) is 0 Å². The molecule has 0 saturated carbocycles. The highest BCUT2D eigenvalue weighted by Crippen LogP contribution is 2.38. The van der Waals surface area contributed by atoms with Crippen LogP contribution in [0, 0.1) is 0 Å². The molecule has 2 atom stereocenters. The Hall–Kier alpha value is 0.0338. The predicted molar refractivity (Wildman–Crippen MR) is 161 cm³/mol. The summed E-state index contributed by atoms with van der Waals surface area (Å²) in [5.74, 6) is 0.827. The quantitative estimate of drug-likeness (QED) is 0.112. The molecule has 2 unspecified atom stereocenters. The molecule has 2 aromatic rings. The number of halogens is 4. The monoisotopic (exact) mass is 574 g/mol. The Morgan fingerprint density at radius 2 is 0.941 bits per heavy atom. The predicted octanol–water partition coefficient (Wildman–Crippen LogP) is 11.1. The molecule has 2 aromatic carbocycles. The molecular weight excluding hydrogens is 534 g/mol. The fourth-order valence-corrected chi connectivity index (χ4v) is 13.7. The lowest BCUT2D eigenvalue weighted by Crippen LogP contribution is -2.22. The van der Waals surface area contributed by atoms with Crippen molar-refractivity contribution in [2.45, 2.75) is 102 Å². The van der Waals surface area contributed by atoms with E-state index in [0.29, 0.717) is 11.8 Å². The average molecular weight is 577 g/mol. The molecule has 6 heteroatoms. The van der Waals surface area contributed by atoms with Crippen LogP contribution in [0.2, 0.25) is 24.2 Å². The van der Waals surface area contributed by atoms with E-state index in [1.54, 1.807) is 0 Å². The maximum absolute atomic E-state index is 6.87. The summed E-state index contributed by atoms with van der Waals surface area (Å²) >= 11 is 27.5. The lowest BCUT2D eigenvalue weighted by molar-refractivity contribution is 0.691. The highest BCUT2D eigenvalue weighted by Gasteiger charge is 2.32. The van der Waals surface area contributed by atoms with Gasteiger partial charge in [0.1, 0.15) is 0 Å². The van der Waals surface area contributed by atoms with Crippen molar-refractivity contribution in [3.05, 3.63) is 70.8 Å². The molecule has 0 heterocycles. The molecule has 0 amide bonds. The van der Waals surface area contributed by atoms with E-state index in [-0.39, 0.29) is 0 Å². The third-order valence-electron chi connectivity index (χ3n) is 6.98. The van der Waals surface area contributed by atoms with Crippen LogP contribution < -0.4 is 0 Å². The Bertz CT molecular complexity index is 797. The molecule has 0 aliphatic rings. The number of hydrogen-bond donors (Lipinski definition) is 0. The Morgan fingerprint density at radius 1 is 0.588 bits per heavy atom. The van der Waals surface area contributed by atoms with Crippen LogP contribution in [0.5, 0.6) is 0 Å². The van der Waals surface area contributed by atoms with Gasteiger partial charge in [0, 0.05) is 0 Å². The third-order valence-corrected chi connectivity index (χ3v) is 15.7. The van der Waals surface area contributed by atoms with Gasteiger partial charge in [-0.2, -0.15) is 0 Å². The molecule has 0 aliphatic carbocycles. The van der Waals surface area contributed by atoms with E-state index in [1.165, 1.54) is 22.3 Å². The summed E-state index contributed by atoms with van der Waals surface area (Å²) in [4.78, 5) is 0. The highest BCUT2D eigenvalue weighted by atomic mass is 35.7. The molecule has 0 aliphatic heterocycles. The second-order valence-corrected chi connectivity index (χ2v) is 25.0. The van der Waals surface area contributed by atoms with E-state index in [4.69, 9.17) is 44.3 Å². The zero-order valence-electron chi connectivity index (χ0n) is 21.4. The van der Waals surface area contributed by atoms with Crippen LogP contribution in [0.1, 0.15) is 87.5 Å². The lowest BCUT2D eigenvalue weighted by atomic mass is 9.96. The fourth-order valence-electron chi connectivity index (χ4n) is 5.11. The summed E-state index contributed by atoms with van der Waals surface area (Å²) in [5, 5.41) is 0. The minimum atomic E-state index is -2.25. The molecule has 0 nitrogen and oxygen atoms in total. The van der Waals surface area contributed by atoms with Crippen LogP contribution in [0.3, 0.4) is 0 Å². The zero-order valence-corrected chi connectivity index (χ0v) is 26.4.